The van der Waals surface area contributed by atoms with E-state index in [2.05, 4.69) is 0 Å². The molecule has 172 valence electrons. The van der Waals surface area contributed by atoms with Crippen molar-refractivity contribution in [3.8, 4) is 11.3 Å². The van der Waals surface area contributed by atoms with Crippen molar-refractivity contribution in [2.24, 2.45) is 0 Å². The highest BCUT2D eigenvalue weighted by atomic mass is 35.5. The van der Waals surface area contributed by atoms with Gasteiger partial charge in [0.1, 0.15) is 11.5 Å². The number of anilines is 1. The molecule has 1 aromatic heterocycles. The molecule has 4 aromatic rings. The molecule has 0 N–H and O–H groups in total. The quantitative estimate of drug-likeness (QED) is 0.159. The molecule has 0 saturated carbocycles. The number of rotatable bonds is 5. The number of halogens is 2. The maximum absolute atomic E-state index is 13.5. The van der Waals surface area contributed by atoms with Crippen LogP contribution in [0.5, 0.6) is 0 Å². The van der Waals surface area contributed by atoms with Gasteiger partial charge in [0.25, 0.3) is 11.6 Å². The zero-order valence-corrected chi connectivity index (χ0v) is 19.5. The van der Waals surface area contributed by atoms with Gasteiger partial charge in [0.15, 0.2) is 0 Å². The second kappa shape index (κ2) is 9.25. The molecule has 1 amide bonds. The van der Waals surface area contributed by atoms with Crippen molar-refractivity contribution in [1.29, 1.82) is 0 Å². The van der Waals surface area contributed by atoms with E-state index in [1.165, 1.54) is 17.0 Å². The van der Waals surface area contributed by atoms with Crippen LogP contribution in [0.25, 0.3) is 23.1 Å². The molecular weight excluding hydrogens is 487 g/mol. The first-order chi connectivity index (χ1) is 16.9. The Morgan fingerprint density at radius 3 is 2.49 bits per heavy atom. The average Bonchev–Trinajstić information content (AvgIpc) is 3.46. The Bertz CT molecular complexity index is 1520. The van der Waals surface area contributed by atoms with E-state index in [9.17, 15) is 14.9 Å². The van der Waals surface area contributed by atoms with E-state index in [1.54, 1.807) is 54.6 Å². The van der Waals surface area contributed by atoms with Gasteiger partial charge in [-0.3, -0.25) is 19.8 Å². The number of nitro groups is 1. The van der Waals surface area contributed by atoms with Gasteiger partial charge in [-0.2, -0.15) is 0 Å². The molecule has 0 aliphatic carbocycles. The molecule has 1 aliphatic heterocycles. The zero-order valence-electron chi connectivity index (χ0n) is 18.0. The highest BCUT2D eigenvalue weighted by Crippen LogP contribution is 2.37. The summed E-state index contributed by atoms with van der Waals surface area (Å²) in [4.78, 5) is 25.8. The summed E-state index contributed by atoms with van der Waals surface area (Å²) >= 11 is 12.4. The summed E-state index contributed by atoms with van der Waals surface area (Å²) in [6, 6.07) is 23.9. The van der Waals surface area contributed by atoms with Crippen molar-refractivity contribution in [3.63, 3.8) is 0 Å². The summed E-state index contributed by atoms with van der Waals surface area (Å²) in [5.41, 5.74) is 2.70. The van der Waals surface area contributed by atoms with Crippen LogP contribution in [0.15, 0.2) is 101 Å². The van der Waals surface area contributed by atoms with Crippen LogP contribution in [-0.2, 0) is 4.79 Å². The Morgan fingerprint density at radius 2 is 1.71 bits per heavy atom. The molecule has 5 rings (SSSR count). The number of hydrogen-bond acceptors (Lipinski definition) is 4. The SMILES string of the molecule is O=C1/C(=C/c2ccc(-c3cc(Cl)ccc3Cl)o2)C=C(c2ccccc2)N1c1cccc([N+](=O)[O-])c1. The van der Waals surface area contributed by atoms with Crippen LogP contribution in [0.4, 0.5) is 11.4 Å². The van der Waals surface area contributed by atoms with Gasteiger partial charge in [-0.1, -0.05) is 59.6 Å². The fraction of sp³-hybridized carbons (Fsp3) is 0. The lowest BCUT2D eigenvalue weighted by Gasteiger charge is -2.20. The van der Waals surface area contributed by atoms with E-state index in [0.29, 0.717) is 44.1 Å². The number of carbonyl (C=O) groups excluding carboxylic acids is 1. The Hall–Kier alpha value is -4.13. The van der Waals surface area contributed by atoms with Gasteiger partial charge in [0.2, 0.25) is 0 Å². The van der Waals surface area contributed by atoms with E-state index < -0.39 is 4.92 Å². The van der Waals surface area contributed by atoms with Gasteiger partial charge < -0.3 is 4.42 Å². The van der Waals surface area contributed by atoms with Crippen LogP contribution in [0.3, 0.4) is 0 Å². The summed E-state index contributed by atoms with van der Waals surface area (Å²) in [6.07, 6.45) is 3.37. The summed E-state index contributed by atoms with van der Waals surface area (Å²) in [7, 11) is 0. The zero-order chi connectivity index (χ0) is 24.5. The Balaban J connectivity index is 1.56. The molecule has 8 heteroatoms. The topological polar surface area (TPSA) is 76.6 Å². The van der Waals surface area contributed by atoms with Crippen LogP contribution in [0.2, 0.25) is 10.0 Å². The van der Waals surface area contributed by atoms with Crippen molar-refractivity contribution < 1.29 is 14.1 Å². The molecule has 0 saturated heterocycles. The second-order valence-electron chi connectivity index (χ2n) is 7.74. The predicted octanol–water partition coefficient (Wildman–Crippen LogP) is 7.63. The molecule has 1 aliphatic rings. The molecule has 35 heavy (non-hydrogen) atoms. The van der Waals surface area contributed by atoms with Crippen molar-refractivity contribution in [2.75, 3.05) is 4.90 Å². The fourth-order valence-electron chi connectivity index (χ4n) is 3.85. The molecular formula is C27H16Cl2N2O4. The Kier molecular flexibility index (Phi) is 5.99. The van der Waals surface area contributed by atoms with Gasteiger partial charge >= 0.3 is 0 Å². The molecule has 3 aromatic carbocycles. The second-order valence-corrected chi connectivity index (χ2v) is 8.58. The minimum Gasteiger partial charge on any atom is -0.457 e. The third-order valence-corrected chi connectivity index (χ3v) is 6.03. The van der Waals surface area contributed by atoms with E-state index in [0.717, 1.165) is 5.56 Å². The maximum atomic E-state index is 13.5. The van der Waals surface area contributed by atoms with E-state index in [1.807, 2.05) is 30.3 Å². The first-order valence-corrected chi connectivity index (χ1v) is 11.3. The number of benzene rings is 3. The van der Waals surface area contributed by atoms with Gasteiger partial charge in [-0.05, 0) is 54.1 Å². The van der Waals surface area contributed by atoms with E-state index >= 15 is 0 Å². The lowest BCUT2D eigenvalue weighted by molar-refractivity contribution is -0.384. The van der Waals surface area contributed by atoms with Crippen molar-refractivity contribution in [2.45, 2.75) is 0 Å². The standard InChI is InChI=1S/C27H16Cl2N2O4/c28-19-9-11-24(29)23(15-19)26-12-10-22(35-26)13-18-14-25(17-5-2-1-3-6-17)30(27(18)32)20-7-4-8-21(16-20)31(33)34/h1-16H/b18-13+. The third kappa shape index (κ3) is 4.49. The first-order valence-electron chi connectivity index (χ1n) is 10.5. The number of nitro benzene ring substituents is 1. The van der Waals surface area contributed by atoms with E-state index in [4.69, 9.17) is 27.6 Å². The van der Waals surface area contributed by atoms with Crippen LogP contribution in [0, 0.1) is 10.1 Å². The number of non-ortho nitro benzene ring substituents is 1. The molecule has 0 atom stereocenters. The number of amides is 1. The molecule has 2 heterocycles. The van der Waals surface area contributed by atoms with E-state index in [-0.39, 0.29) is 11.6 Å². The number of hydrogen-bond donors (Lipinski definition) is 0. The highest BCUT2D eigenvalue weighted by molar-refractivity contribution is 6.35. The summed E-state index contributed by atoms with van der Waals surface area (Å²) in [6.45, 7) is 0. The van der Waals surface area contributed by atoms with Gasteiger partial charge in [-0.15, -0.1) is 0 Å². The summed E-state index contributed by atoms with van der Waals surface area (Å²) < 4.78 is 5.94. The van der Waals surface area contributed by atoms with Crippen LogP contribution in [0.1, 0.15) is 11.3 Å². The number of furan rings is 1. The predicted molar refractivity (Wildman–Crippen MR) is 137 cm³/mol. The molecule has 0 bridgehead atoms. The maximum Gasteiger partial charge on any atom is 0.271 e. The minimum absolute atomic E-state index is 0.103. The summed E-state index contributed by atoms with van der Waals surface area (Å²) in [5, 5.41) is 12.3. The minimum atomic E-state index is -0.488. The Labute approximate surface area is 210 Å². The van der Waals surface area contributed by atoms with Gasteiger partial charge in [-0.25, -0.2) is 0 Å². The molecule has 0 radical (unpaired) electrons. The van der Waals surface area contributed by atoms with Crippen LogP contribution < -0.4 is 4.90 Å². The smallest absolute Gasteiger partial charge is 0.271 e. The first kappa shape index (κ1) is 22.7. The highest BCUT2D eigenvalue weighted by Gasteiger charge is 2.31. The lowest BCUT2D eigenvalue weighted by atomic mass is 10.1. The average molecular weight is 503 g/mol. The van der Waals surface area contributed by atoms with Crippen LogP contribution >= 0.6 is 23.2 Å². The van der Waals surface area contributed by atoms with Crippen molar-refractivity contribution in [3.05, 3.63) is 128 Å². The Morgan fingerprint density at radius 1 is 0.914 bits per heavy atom. The van der Waals surface area contributed by atoms with Crippen LogP contribution in [-0.4, -0.2) is 10.8 Å². The monoisotopic (exact) mass is 502 g/mol. The largest absolute Gasteiger partial charge is 0.457 e. The number of nitrogens with zero attached hydrogens (tertiary/aromatic N) is 2. The molecule has 0 spiro atoms. The molecule has 6 nitrogen and oxygen atoms in total. The lowest BCUT2D eigenvalue weighted by Crippen LogP contribution is -2.25. The normalized spacial score (nSPS) is 14.5. The van der Waals surface area contributed by atoms with Gasteiger partial charge in [0.05, 0.1) is 21.3 Å². The molecule has 0 unspecified atom stereocenters. The van der Waals surface area contributed by atoms with Gasteiger partial charge in [0, 0.05) is 28.3 Å². The van der Waals surface area contributed by atoms with Crippen molar-refractivity contribution >= 4 is 52.3 Å². The number of carbonyl (C=O) groups is 1. The molecule has 0 fully saturated rings. The summed E-state index contributed by atoms with van der Waals surface area (Å²) in [5.74, 6) is 0.629. The van der Waals surface area contributed by atoms with Crippen molar-refractivity contribution in [1.82, 2.24) is 0 Å². The third-order valence-electron chi connectivity index (χ3n) is 5.47. The fourth-order valence-corrected chi connectivity index (χ4v) is 4.24.